The van der Waals surface area contributed by atoms with Crippen LogP contribution in [0.5, 0.6) is 0 Å². The maximum Gasteiger partial charge on any atom is -0.0414 e. The van der Waals surface area contributed by atoms with E-state index in [4.69, 9.17) is 0 Å². The molecule has 0 saturated heterocycles. The van der Waals surface area contributed by atoms with Crippen molar-refractivity contribution < 1.29 is 0 Å². The molecule has 0 heterocycles. The first kappa shape index (κ1) is 30.0. The van der Waals surface area contributed by atoms with Gasteiger partial charge in [0.15, 0.2) is 0 Å². The molecule has 0 N–H and O–H groups in total. The van der Waals surface area contributed by atoms with Crippen LogP contribution in [0.2, 0.25) is 0 Å². The molecule has 0 saturated carbocycles. The first-order valence-corrected chi connectivity index (χ1v) is 14.6. The molecule has 0 amide bonds. The third-order valence-electron chi connectivity index (χ3n) is 6.93. The zero-order valence-electron chi connectivity index (χ0n) is 21.7. The SMILES string of the molecule is [CH2]C(CCCCCCCCCC)CCCCCCCCCCCCCCCCCC. The van der Waals surface area contributed by atoms with Crippen molar-refractivity contribution in [3.05, 3.63) is 6.92 Å². The molecule has 0 aliphatic rings. The summed E-state index contributed by atoms with van der Waals surface area (Å²) >= 11 is 0. The highest BCUT2D eigenvalue weighted by atomic mass is 14.1. The van der Waals surface area contributed by atoms with Gasteiger partial charge in [-0.25, -0.2) is 0 Å². The van der Waals surface area contributed by atoms with E-state index in [0.29, 0.717) is 0 Å². The smallest absolute Gasteiger partial charge is 0.0414 e. The third kappa shape index (κ3) is 26.0. The second kappa shape index (κ2) is 27.0. The Kier molecular flexibility index (Phi) is 27.0. The van der Waals surface area contributed by atoms with Gasteiger partial charge in [0.05, 0.1) is 0 Å². The molecule has 0 aliphatic carbocycles. The lowest BCUT2D eigenvalue weighted by atomic mass is 9.95. The fourth-order valence-electron chi connectivity index (χ4n) is 4.69. The summed E-state index contributed by atoms with van der Waals surface area (Å²) in [5, 5.41) is 0. The fourth-order valence-corrected chi connectivity index (χ4v) is 4.69. The van der Waals surface area contributed by atoms with Crippen molar-refractivity contribution >= 4 is 0 Å². The van der Waals surface area contributed by atoms with Crippen LogP contribution in [0.3, 0.4) is 0 Å². The van der Waals surface area contributed by atoms with E-state index in [0.717, 1.165) is 5.92 Å². The number of rotatable bonds is 26. The summed E-state index contributed by atoms with van der Waals surface area (Å²) in [7, 11) is 0. The van der Waals surface area contributed by atoms with Gasteiger partial charge in [0.1, 0.15) is 0 Å². The van der Waals surface area contributed by atoms with Crippen LogP contribution in [-0.4, -0.2) is 0 Å². The molecule has 1 atom stereocenters. The van der Waals surface area contributed by atoms with Gasteiger partial charge >= 0.3 is 0 Å². The van der Waals surface area contributed by atoms with Crippen molar-refractivity contribution in [2.24, 2.45) is 5.92 Å². The molecular formula is C30H61. The Balaban J connectivity index is 3.11. The van der Waals surface area contributed by atoms with Crippen LogP contribution < -0.4 is 0 Å². The predicted molar refractivity (Wildman–Crippen MR) is 140 cm³/mol. The summed E-state index contributed by atoms with van der Waals surface area (Å²) in [6, 6.07) is 0. The quantitative estimate of drug-likeness (QED) is 0.122. The Morgan fingerprint density at radius 3 is 0.767 bits per heavy atom. The van der Waals surface area contributed by atoms with Gasteiger partial charge in [-0.3, -0.25) is 0 Å². The fraction of sp³-hybridized carbons (Fsp3) is 0.967. The van der Waals surface area contributed by atoms with Gasteiger partial charge in [-0.2, -0.15) is 0 Å². The maximum absolute atomic E-state index is 4.40. The summed E-state index contributed by atoms with van der Waals surface area (Å²) in [5.41, 5.74) is 0. The van der Waals surface area contributed by atoms with Gasteiger partial charge in [0, 0.05) is 0 Å². The minimum Gasteiger partial charge on any atom is -0.0654 e. The molecule has 1 unspecified atom stereocenters. The Hall–Kier alpha value is 0. The Bertz CT molecular complexity index is 282. The highest BCUT2D eigenvalue weighted by Gasteiger charge is 2.02. The lowest BCUT2D eigenvalue weighted by Crippen LogP contribution is -1.95. The summed E-state index contributed by atoms with van der Waals surface area (Å²) in [6.45, 7) is 9.01. The van der Waals surface area contributed by atoms with E-state index in [1.165, 1.54) is 167 Å². The first-order chi connectivity index (χ1) is 14.8. The van der Waals surface area contributed by atoms with Crippen LogP contribution in [0.15, 0.2) is 0 Å². The van der Waals surface area contributed by atoms with Crippen molar-refractivity contribution in [3.63, 3.8) is 0 Å². The van der Waals surface area contributed by atoms with E-state index in [2.05, 4.69) is 20.8 Å². The van der Waals surface area contributed by atoms with Crippen LogP contribution in [0.4, 0.5) is 0 Å². The van der Waals surface area contributed by atoms with Crippen LogP contribution in [0.25, 0.3) is 0 Å². The monoisotopic (exact) mass is 421 g/mol. The summed E-state index contributed by atoms with van der Waals surface area (Å²) < 4.78 is 0. The topological polar surface area (TPSA) is 0 Å². The highest BCUT2D eigenvalue weighted by Crippen LogP contribution is 2.19. The molecule has 0 rings (SSSR count). The van der Waals surface area contributed by atoms with E-state index >= 15 is 0 Å². The summed E-state index contributed by atoms with van der Waals surface area (Å²) in [6.07, 6.45) is 37.6. The van der Waals surface area contributed by atoms with E-state index < -0.39 is 0 Å². The van der Waals surface area contributed by atoms with Crippen LogP contribution >= 0.6 is 0 Å². The van der Waals surface area contributed by atoms with Gasteiger partial charge in [-0.05, 0) is 5.92 Å². The highest BCUT2D eigenvalue weighted by molar-refractivity contribution is 4.62. The standard InChI is InChI=1S/C30H61/c1-4-6-8-10-12-14-15-16-17-18-19-20-21-23-25-27-29-30(3)28-26-24-22-13-11-9-7-5-2/h30H,3-29H2,1-2H3. The molecule has 0 aromatic carbocycles. The second-order valence-corrected chi connectivity index (χ2v) is 10.2. The van der Waals surface area contributed by atoms with Crippen molar-refractivity contribution in [2.45, 2.75) is 181 Å². The summed E-state index contributed by atoms with van der Waals surface area (Å²) in [5.74, 6) is 0.719. The lowest BCUT2D eigenvalue weighted by molar-refractivity contribution is 0.459. The van der Waals surface area contributed by atoms with Crippen LogP contribution in [-0.2, 0) is 0 Å². The zero-order chi connectivity index (χ0) is 22.0. The normalized spacial score (nSPS) is 12.5. The third-order valence-corrected chi connectivity index (χ3v) is 6.93. The molecule has 0 aromatic heterocycles. The van der Waals surface area contributed by atoms with E-state index in [9.17, 15) is 0 Å². The van der Waals surface area contributed by atoms with Gasteiger partial charge in [0.25, 0.3) is 0 Å². The minimum atomic E-state index is 0.719. The molecule has 30 heavy (non-hydrogen) atoms. The number of hydrogen-bond acceptors (Lipinski definition) is 0. The van der Waals surface area contributed by atoms with Crippen molar-refractivity contribution in [1.82, 2.24) is 0 Å². The van der Waals surface area contributed by atoms with Gasteiger partial charge in [-0.15, -0.1) is 0 Å². The molecule has 0 nitrogen and oxygen atoms in total. The average molecular weight is 422 g/mol. The maximum atomic E-state index is 4.40. The van der Waals surface area contributed by atoms with E-state index in [1.54, 1.807) is 0 Å². The van der Waals surface area contributed by atoms with Crippen molar-refractivity contribution in [3.8, 4) is 0 Å². The average Bonchev–Trinajstić information content (AvgIpc) is 2.75. The Labute approximate surface area is 193 Å². The van der Waals surface area contributed by atoms with Crippen molar-refractivity contribution in [1.29, 1.82) is 0 Å². The lowest BCUT2D eigenvalue weighted by Gasteiger charge is -2.11. The molecule has 1 radical (unpaired) electrons. The van der Waals surface area contributed by atoms with E-state index in [-0.39, 0.29) is 0 Å². The molecule has 0 aromatic rings. The van der Waals surface area contributed by atoms with Crippen LogP contribution in [0.1, 0.15) is 181 Å². The molecule has 0 spiro atoms. The van der Waals surface area contributed by atoms with Gasteiger partial charge < -0.3 is 0 Å². The van der Waals surface area contributed by atoms with Crippen molar-refractivity contribution in [2.75, 3.05) is 0 Å². The van der Waals surface area contributed by atoms with E-state index in [1.807, 2.05) is 0 Å². The Morgan fingerprint density at radius 1 is 0.333 bits per heavy atom. The molecular weight excluding hydrogens is 360 g/mol. The molecule has 0 aliphatic heterocycles. The number of hydrogen-bond donors (Lipinski definition) is 0. The number of unbranched alkanes of at least 4 members (excludes halogenated alkanes) is 22. The Morgan fingerprint density at radius 2 is 0.533 bits per heavy atom. The molecule has 0 heteroatoms. The molecule has 0 bridgehead atoms. The minimum absolute atomic E-state index is 0.719. The predicted octanol–water partition coefficient (Wildman–Crippen LogP) is 11.6. The molecule has 0 fully saturated rings. The largest absolute Gasteiger partial charge is 0.0654 e. The van der Waals surface area contributed by atoms with Gasteiger partial charge in [0.2, 0.25) is 0 Å². The van der Waals surface area contributed by atoms with Gasteiger partial charge in [-0.1, -0.05) is 188 Å². The zero-order valence-corrected chi connectivity index (χ0v) is 21.7. The molecule has 181 valence electrons. The second-order valence-electron chi connectivity index (χ2n) is 10.2. The van der Waals surface area contributed by atoms with Crippen LogP contribution in [0, 0.1) is 12.8 Å². The summed E-state index contributed by atoms with van der Waals surface area (Å²) in [4.78, 5) is 0. The first-order valence-electron chi connectivity index (χ1n) is 14.6.